The van der Waals surface area contributed by atoms with Gasteiger partial charge in [-0.25, -0.2) is 0 Å². The van der Waals surface area contributed by atoms with Crippen LogP contribution in [0, 0.1) is 6.92 Å². The van der Waals surface area contributed by atoms with E-state index in [1.54, 1.807) is 20.3 Å². The smallest absolute Gasteiger partial charge is 0.287 e. The van der Waals surface area contributed by atoms with Crippen LogP contribution < -0.4 is 14.8 Å². The summed E-state index contributed by atoms with van der Waals surface area (Å²) >= 11 is 0. The standard InChI is InChI=1S/C30H38N2O4/c1-22-8-7-9-24(18-22)20-32(25-10-5-4-6-11-25)21-26-13-15-28(36-26)30(33)31-17-16-23-12-14-27(34-2)29(19-23)35-3/h7-9,12-15,18-19,25H,4-6,10-11,16-17,20-21H2,1-3H3,(H,31,33). The second-order valence-corrected chi connectivity index (χ2v) is 9.65. The summed E-state index contributed by atoms with van der Waals surface area (Å²) in [7, 11) is 3.24. The lowest BCUT2D eigenvalue weighted by Crippen LogP contribution is -2.35. The number of hydrogen-bond acceptors (Lipinski definition) is 5. The second kappa shape index (κ2) is 12.6. The van der Waals surface area contributed by atoms with Crippen LogP contribution in [0.5, 0.6) is 11.5 Å². The molecule has 1 amide bonds. The Hall–Kier alpha value is -3.25. The highest BCUT2D eigenvalue weighted by atomic mass is 16.5. The maximum absolute atomic E-state index is 12.7. The first kappa shape index (κ1) is 25.8. The molecule has 1 aliphatic rings. The number of carbonyl (C=O) groups excluding carboxylic acids is 1. The van der Waals surface area contributed by atoms with Gasteiger partial charge < -0.3 is 19.2 Å². The molecule has 2 aromatic carbocycles. The molecule has 1 saturated carbocycles. The molecule has 1 fully saturated rings. The van der Waals surface area contributed by atoms with Gasteiger partial charge in [0.15, 0.2) is 17.3 Å². The van der Waals surface area contributed by atoms with Crippen LogP contribution >= 0.6 is 0 Å². The van der Waals surface area contributed by atoms with Gasteiger partial charge in [-0.15, -0.1) is 0 Å². The fourth-order valence-corrected chi connectivity index (χ4v) is 5.03. The number of hydrogen-bond donors (Lipinski definition) is 1. The Labute approximate surface area is 214 Å². The van der Waals surface area contributed by atoms with Crippen LogP contribution in [0.25, 0.3) is 0 Å². The summed E-state index contributed by atoms with van der Waals surface area (Å²) in [6.45, 7) is 4.24. The van der Waals surface area contributed by atoms with E-state index in [0.29, 0.717) is 42.8 Å². The SMILES string of the molecule is COc1ccc(CCNC(=O)c2ccc(CN(Cc3cccc(C)c3)C3CCCCC3)o2)cc1OC. The highest BCUT2D eigenvalue weighted by Gasteiger charge is 2.23. The average molecular weight is 491 g/mol. The Kier molecular flexibility index (Phi) is 9.06. The maximum atomic E-state index is 12.7. The molecule has 6 nitrogen and oxygen atoms in total. The predicted molar refractivity (Wildman–Crippen MR) is 142 cm³/mol. The quantitative estimate of drug-likeness (QED) is 0.362. The zero-order valence-corrected chi connectivity index (χ0v) is 21.7. The minimum Gasteiger partial charge on any atom is -0.493 e. The molecule has 1 aromatic heterocycles. The number of furan rings is 1. The zero-order valence-electron chi connectivity index (χ0n) is 21.7. The van der Waals surface area contributed by atoms with E-state index in [1.807, 2.05) is 24.3 Å². The molecule has 1 heterocycles. The summed E-state index contributed by atoms with van der Waals surface area (Å²) in [6.07, 6.45) is 7.00. The lowest BCUT2D eigenvalue weighted by atomic mass is 9.93. The molecule has 1 aliphatic carbocycles. The third-order valence-electron chi connectivity index (χ3n) is 6.95. The first-order valence-corrected chi connectivity index (χ1v) is 12.9. The number of amides is 1. The second-order valence-electron chi connectivity index (χ2n) is 9.65. The Balaban J connectivity index is 1.35. The van der Waals surface area contributed by atoms with E-state index >= 15 is 0 Å². The maximum Gasteiger partial charge on any atom is 0.287 e. The van der Waals surface area contributed by atoms with E-state index in [0.717, 1.165) is 17.9 Å². The zero-order chi connectivity index (χ0) is 25.3. The van der Waals surface area contributed by atoms with Gasteiger partial charge in [-0.05, 0) is 61.6 Å². The molecule has 0 atom stereocenters. The highest BCUT2D eigenvalue weighted by molar-refractivity contribution is 5.91. The first-order chi connectivity index (χ1) is 17.6. The third-order valence-corrected chi connectivity index (χ3v) is 6.95. The van der Waals surface area contributed by atoms with Crippen molar-refractivity contribution in [2.45, 2.75) is 64.6 Å². The van der Waals surface area contributed by atoms with Gasteiger partial charge in [0.05, 0.1) is 20.8 Å². The van der Waals surface area contributed by atoms with Gasteiger partial charge in [0, 0.05) is 19.1 Å². The number of nitrogens with one attached hydrogen (secondary N) is 1. The summed E-state index contributed by atoms with van der Waals surface area (Å²) in [4.78, 5) is 15.2. The molecular weight excluding hydrogens is 452 g/mol. The molecule has 0 aliphatic heterocycles. The van der Waals surface area contributed by atoms with Crippen molar-refractivity contribution in [3.8, 4) is 11.5 Å². The topological polar surface area (TPSA) is 63.9 Å². The van der Waals surface area contributed by atoms with E-state index in [1.165, 1.54) is 43.2 Å². The molecular formula is C30H38N2O4. The minimum atomic E-state index is -0.190. The number of nitrogens with zero attached hydrogens (tertiary/aromatic N) is 1. The molecule has 0 saturated heterocycles. The Bertz CT molecular complexity index is 1130. The van der Waals surface area contributed by atoms with Gasteiger partial charge in [0.2, 0.25) is 0 Å². The summed E-state index contributed by atoms with van der Waals surface area (Å²) in [5.41, 5.74) is 3.66. The van der Waals surface area contributed by atoms with Crippen LogP contribution in [0.3, 0.4) is 0 Å². The normalized spacial score (nSPS) is 14.1. The number of rotatable bonds is 11. The Morgan fingerprint density at radius 3 is 2.50 bits per heavy atom. The molecule has 0 radical (unpaired) electrons. The fourth-order valence-electron chi connectivity index (χ4n) is 5.03. The van der Waals surface area contributed by atoms with Gasteiger partial charge in [0.1, 0.15) is 5.76 Å². The van der Waals surface area contributed by atoms with E-state index in [4.69, 9.17) is 13.9 Å². The van der Waals surface area contributed by atoms with E-state index in [9.17, 15) is 4.79 Å². The molecule has 6 heteroatoms. The summed E-state index contributed by atoms with van der Waals surface area (Å²) in [5.74, 6) is 2.38. The molecule has 4 rings (SSSR count). The summed E-state index contributed by atoms with van der Waals surface area (Å²) < 4.78 is 16.7. The molecule has 0 bridgehead atoms. The van der Waals surface area contributed by atoms with Crippen molar-refractivity contribution >= 4 is 5.91 Å². The van der Waals surface area contributed by atoms with Crippen LogP contribution in [-0.4, -0.2) is 37.6 Å². The summed E-state index contributed by atoms with van der Waals surface area (Å²) in [5, 5.41) is 2.97. The van der Waals surface area contributed by atoms with Gasteiger partial charge in [-0.1, -0.05) is 55.2 Å². The monoisotopic (exact) mass is 490 g/mol. The largest absolute Gasteiger partial charge is 0.493 e. The lowest BCUT2D eigenvalue weighted by Gasteiger charge is -2.34. The van der Waals surface area contributed by atoms with Crippen LogP contribution in [0.2, 0.25) is 0 Å². The number of carbonyl (C=O) groups is 1. The van der Waals surface area contributed by atoms with Crippen LogP contribution in [0.1, 0.15) is 65.1 Å². The van der Waals surface area contributed by atoms with Gasteiger partial charge >= 0.3 is 0 Å². The third kappa shape index (κ3) is 6.91. The molecule has 0 spiro atoms. The molecule has 1 N–H and O–H groups in total. The van der Waals surface area contributed by atoms with E-state index in [2.05, 4.69) is 41.4 Å². The van der Waals surface area contributed by atoms with Crippen molar-refractivity contribution in [1.29, 1.82) is 0 Å². The van der Waals surface area contributed by atoms with Gasteiger partial charge in [-0.2, -0.15) is 0 Å². The average Bonchev–Trinajstić information content (AvgIpc) is 3.37. The predicted octanol–water partition coefficient (Wildman–Crippen LogP) is 5.91. The van der Waals surface area contributed by atoms with Gasteiger partial charge in [0.25, 0.3) is 5.91 Å². The van der Waals surface area contributed by atoms with Crippen molar-refractivity contribution < 1.29 is 18.7 Å². The molecule has 0 unspecified atom stereocenters. The van der Waals surface area contributed by atoms with Crippen molar-refractivity contribution in [3.63, 3.8) is 0 Å². The van der Waals surface area contributed by atoms with Crippen LogP contribution in [0.15, 0.2) is 59.0 Å². The molecule has 36 heavy (non-hydrogen) atoms. The number of benzene rings is 2. The minimum absolute atomic E-state index is 0.190. The lowest BCUT2D eigenvalue weighted by molar-refractivity contribution is 0.0916. The van der Waals surface area contributed by atoms with Crippen LogP contribution in [0.4, 0.5) is 0 Å². The van der Waals surface area contributed by atoms with E-state index in [-0.39, 0.29) is 5.91 Å². The van der Waals surface area contributed by atoms with Crippen LogP contribution in [-0.2, 0) is 19.5 Å². The molecule has 192 valence electrons. The Morgan fingerprint density at radius 2 is 1.75 bits per heavy atom. The van der Waals surface area contributed by atoms with Gasteiger partial charge in [-0.3, -0.25) is 9.69 Å². The summed E-state index contributed by atoms with van der Waals surface area (Å²) in [6, 6.07) is 18.8. The number of ether oxygens (including phenoxy) is 2. The van der Waals surface area contributed by atoms with Crippen molar-refractivity contribution in [2.75, 3.05) is 20.8 Å². The van der Waals surface area contributed by atoms with E-state index < -0.39 is 0 Å². The van der Waals surface area contributed by atoms with Crippen molar-refractivity contribution in [1.82, 2.24) is 10.2 Å². The van der Waals surface area contributed by atoms with Crippen molar-refractivity contribution in [3.05, 3.63) is 82.8 Å². The number of aryl methyl sites for hydroxylation is 1. The highest BCUT2D eigenvalue weighted by Crippen LogP contribution is 2.28. The first-order valence-electron chi connectivity index (χ1n) is 12.9. The molecule has 3 aromatic rings. The van der Waals surface area contributed by atoms with Crippen molar-refractivity contribution in [2.24, 2.45) is 0 Å². The fraction of sp³-hybridized carbons (Fsp3) is 0.433. The number of methoxy groups -OCH3 is 2. The Morgan fingerprint density at radius 1 is 0.944 bits per heavy atom.